The van der Waals surface area contributed by atoms with E-state index in [4.69, 9.17) is 17.0 Å². The van der Waals surface area contributed by atoms with Crippen LogP contribution in [0.5, 0.6) is 5.75 Å². The van der Waals surface area contributed by atoms with E-state index in [2.05, 4.69) is 26.6 Å². The molecule has 4 nitrogen and oxygen atoms in total. The summed E-state index contributed by atoms with van der Waals surface area (Å²) in [5.41, 5.74) is 0.443. The van der Waals surface area contributed by atoms with Crippen LogP contribution in [0.3, 0.4) is 0 Å². The topological polar surface area (TPSA) is 50.4 Å². The predicted molar refractivity (Wildman–Crippen MR) is 74.4 cm³/mol. The van der Waals surface area contributed by atoms with Gasteiger partial charge in [-0.2, -0.15) is 0 Å². The van der Waals surface area contributed by atoms with Crippen molar-refractivity contribution in [2.24, 2.45) is 0 Å². The van der Waals surface area contributed by atoms with E-state index in [9.17, 15) is 4.79 Å². The van der Waals surface area contributed by atoms with E-state index in [1.54, 1.807) is 19.2 Å². The smallest absolute Gasteiger partial charge is 0.261 e. The highest BCUT2D eigenvalue weighted by Gasteiger charge is 2.13. The third-order valence-corrected chi connectivity index (χ3v) is 2.74. The van der Waals surface area contributed by atoms with Crippen molar-refractivity contribution in [2.75, 3.05) is 13.7 Å². The number of carbonyl (C=O) groups excluding carboxylic acids is 1. The van der Waals surface area contributed by atoms with Gasteiger partial charge in [0.05, 0.1) is 12.2 Å². The number of carbonyl (C=O) groups is 1. The van der Waals surface area contributed by atoms with E-state index in [-0.39, 0.29) is 11.0 Å². The van der Waals surface area contributed by atoms with Gasteiger partial charge in [-0.05, 0) is 37.3 Å². The number of thiocarbonyl (C=S) groups is 1. The molecule has 0 aliphatic carbocycles. The maximum absolute atomic E-state index is 11.9. The van der Waals surface area contributed by atoms with Crippen LogP contribution in [0.25, 0.3) is 0 Å². The molecule has 0 atom stereocenters. The Morgan fingerprint density at radius 1 is 1.53 bits per heavy atom. The molecule has 0 aliphatic rings. The molecule has 6 heteroatoms. The summed E-state index contributed by atoms with van der Waals surface area (Å²) < 4.78 is 6.19. The quantitative estimate of drug-likeness (QED) is 0.838. The molecule has 1 aromatic rings. The zero-order valence-corrected chi connectivity index (χ0v) is 11.9. The molecule has 0 unspecified atom stereocenters. The van der Waals surface area contributed by atoms with E-state index < -0.39 is 0 Å². The molecule has 92 valence electrons. The molecule has 0 bridgehead atoms. The molecular weight excluding hydrogens is 304 g/mol. The summed E-state index contributed by atoms with van der Waals surface area (Å²) in [5, 5.41) is 5.51. The Morgan fingerprint density at radius 2 is 2.24 bits per heavy atom. The number of hydrogen-bond acceptors (Lipinski definition) is 3. The van der Waals surface area contributed by atoms with Crippen molar-refractivity contribution in [1.82, 2.24) is 10.6 Å². The maximum Gasteiger partial charge on any atom is 0.261 e. The molecule has 1 aromatic carbocycles. The lowest BCUT2D eigenvalue weighted by atomic mass is 10.2. The van der Waals surface area contributed by atoms with E-state index in [0.717, 1.165) is 4.47 Å². The first-order valence-electron chi connectivity index (χ1n) is 5.04. The average molecular weight is 317 g/mol. The number of halogens is 1. The van der Waals surface area contributed by atoms with Gasteiger partial charge < -0.3 is 10.1 Å². The van der Waals surface area contributed by atoms with Crippen LogP contribution in [0.1, 0.15) is 17.3 Å². The third-order valence-electron chi connectivity index (χ3n) is 1.94. The van der Waals surface area contributed by atoms with Crippen LogP contribution < -0.4 is 15.4 Å². The van der Waals surface area contributed by atoms with Gasteiger partial charge in [-0.15, -0.1) is 0 Å². The van der Waals surface area contributed by atoms with Gasteiger partial charge in [0.25, 0.3) is 5.91 Å². The minimum Gasteiger partial charge on any atom is -0.493 e. The highest BCUT2D eigenvalue weighted by atomic mass is 79.9. The SMILES string of the molecule is CCOc1ccc(Br)cc1C(=O)NC(=S)NC. The fourth-order valence-corrected chi connectivity index (χ4v) is 1.65. The lowest BCUT2D eigenvalue weighted by Crippen LogP contribution is -2.37. The molecule has 0 saturated heterocycles. The second kappa shape index (κ2) is 6.56. The molecule has 0 aliphatic heterocycles. The van der Waals surface area contributed by atoms with Crippen molar-refractivity contribution >= 4 is 39.2 Å². The monoisotopic (exact) mass is 316 g/mol. The third kappa shape index (κ3) is 3.98. The van der Waals surface area contributed by atoms with Crippen LogP contribution in [0.4, 0.5) is 0 Å². The van der Waals surface area contributed by atoms with Crippen molar-refractivity contribution in [3.8, 4) is 5.75 Å². The lowest BCUT2D eigenvalue weighted by molar-refractivity contribution is 0.0973. The van der Waals surface area contributed by atoms with Gasteiger partial charge in [0, 0.05) is 11.5 Å². The van der Waals surface area contributed by atoms with Crippen molar-refractivity contribution < 1.29 is 9.53 Å². The van der Waals surface area contributed by atoms with E-state index in [1.807, 2.05) is 13.0 Å². The van der Waals surface area contributed by atoms with Crippen LogP contribution in [-0.4, -0.2) is 24.7 Å². The summed E-state index contributed by atoms with van der Waals surface area (Å²) in [6.07, 6.45) is 0. The normalized spacial score (nSPS) is 9.59. The molecule has 1 rings (SSSR count). The van der Waals surface area contributed by atoms with Crippen LogP contribution >= 0.6 is 28.1 Å². The molecule has 0 heterocycles. The second-order valence-corrected chi connectivity index (χ2v) is 4.43. The summed E-state index contributed by atoms with van der Waals surface area (Å²) in [7, 11) is 1.65. The molecule has 0 spiro atoms. The van der Waals surface area contributed by atoms with Crippen molar-refractivity contribution in [2.45, 2.75) is 6.92 Å². The Kier molecular flexibility index (Phi) is 5.37. The molecular formula is C11H13BrN2O2S. The number of benzene rings is 1. The van der Waals surface area contributed by atoms with Crippen molar-refractivity contribution in [1.29, 1.82) is 0 Å². The second-order valence-electron chi connectivity index (χ2n) is 3.11. The van der Waals surface area contributed by atoms with E-state index in [0.29, 0.717) is 17.9 Å². The summed E-state index contributed by atoms with van der Waals surface area (Å²) in [4.78, 5) is 11.9. The van der Waals surface area contributed by atoms with Crippen molar-refractivity contribution in [3.63, 3.8) is 0 Å². The first-order chi connectivity index (χ1) is 8.08. The fourth-order valence-electron chi connectivity index (χ4n) is 1.19. The number of hydrogen-bond donors (Lipinski definition) is 2. The number of rotatable bonds is 3. The summed E-state index contributed by atoms with van der Waals surface area (Å²) in [5.74, 6) is 0.237. The molecule has 2 N–H and O–H groups in total. The van der Waals surface area contributed by atoms with Crippen LogP contribution in [0.2, 0.25) is 0 Å². The van der Waals surface area contributed by atoms with E-state index >= 15 is 0 Å². The molecule has 0 aromatic heterocycles. The molecule has 0 saturated carbocycles. The fraction of sp³-hybridized carbons (Fsp3) is 0.273. The predicted octanol–water partition coefficient (Wildman–Crippen LogP) is 2.08. The highest BCUT2D eigenvalue weighted by molar-refractivity contribution is 9.10. The van der Waals surface area contributed by atoms with Gasteiger partial charge in [0.2, 0.25) is 0 Å². The maximum atomic E-state index is 11.9. The zero-order chi connectivity index (χ0) is 12.8. The lowest BCUT2D eigenvalue weighted by Gasteiger charge is -2.11. The number of amides is 1. The minimum atomic E-state index is -0.297. The molecule has 0 radical (unpaired) electrons. The van der Waals surface area contributed by atoms with Crippen LogP contribution in [0.15, 0.2) is 22.7 Å². The first kappa shape index (κ1) is 13.9. The van der Waals surface area contributed by atoms with Gasteiger partial charge in [0.1, 0.15) is 5.75 Å². The van der Waals surface area contributed by atoms with Gasteiger partial charge in [-0.1, -0.05) is 15.9 Å². The Hall–Kier alpha value is -1.14. The molecule has 0 fully saturated rings. The number of nitrogens with one attached hydrogen (secondary N) is 2. The molecule has 1 amide bonds. The van der Waals surface area contributed by atoms with Crippen LogP contribution in [-0.2, 0) is 0 Å². The first-order valence-corrected chi connectivity index (χ1v) is 6.24. The van der Waals surface area contributed by atoms with Gasteiger partial charge >= 0.3 is 0 Å². The number of ether oxygens (including phenoxy) is 1. The minimum absolute atomic E-state index is 0.275. The Bertz CT molecular complexity index is 437. The standard InChI is InChI=1S/C11H13BrN2O2S/c1-3-16-9-5-4-7(12)6-8(9)10(15)14-11(17)13-2/h4-6H,3H2,1-2H3,(H2,13,14,15,17). The Labute approximate surface area is 114 Å². The van der Waals surface area contributed by atoms with E-state index in [1.165, 1.54) is 0 Å². The molecule has 17 heavy (non-hydrogen) atoms. The van der Waals surface area contributed by atoms with Gasteiger partial charge in [0.15, 0.2) is 5.11 Å². The van der Waals surface area contributed by atoms with Gasteiger partial charge in [-0.25, -0.2) is 0 Å². The zero-order valence-electron chi connectivity index (χ0n) is 9.54. The van der Waals surface area contributed by atoms with Gasteiger partial charge in [-0.3, -0.25) is 10.1 Å². The largest absolute Gasteiger partial charge is 0.493 e. The Balaban J connectivity index is 2.97. The van der Waals surface area contributed by atoms with Crippen LogP contribution in [0, 0.1) is 0 Å². The Morgan fingerprint density at radius 3 is 2.82 bits per heavy atom. The summed E-state index contributed by atoms with van der Waals surface area (Å²) >= 11 is 8.19. The summed E-state index contributed by atoms with van der Waals surface area (Å²) in [6.45, 7) is 2.36. The highest BCUT2D eigenvalue weighted by Crippen LogP contribution is 2.23. The van der Waals surface area contributed by atoms with Crippen molar-refractivity contribution in [3.05, 3.63) is 28.2 Å². The summed E-state index contributed by atoms with van der Waals surface area (Å²) in [6, 6.07) is 5.25. The average Bonchev–Trinajstić information content (AvgIpc) is 2.31.